The van der Waals surface area contributed by atoms with Crippen LogP contribution in [-0.2, 0) is 15.0 Å². The highest BCUT2D eigenvalue weighted by Crippen LogP contribution is 2.30. The van der Waals surface area contributed by atoms with Crippen LogP contribution in [0.4, 0.5) is 10.1 Å². The molecule has 164 valence electrons. The van der Waals surface area contributed by atoms with Crippen LogP contribution in [0.2, 0.25) is 0 Å². The van der Waals surface area contributed by atoms with Gasteiger partial charge < -0.3 is 14.8 Å². The number of ether oxygens (including phenoxy) is 2. The average molecular weight is 440 g/mol. The summed E-state index contributed by atoms with van der Waals surface area (Å²) in [5.74, 6) is -0.295. The molecule has 2 aromatic rings. The number of hydrogen-bond acceptors (Lipinski definition) is 5. The van der Waals surface area contributed by atoms with Crippen LogP contribution in [0.15, 0.2) is 42.5 Å². The summed E-state index contributed by atoms with van der Waals surface area (Å²) in [6, 6.07) is 10.1. The van der Waals surface area contributed by atoms with E-state index in [1.165, 1.54) is 46.5 Å². The molecular weight excluding hydrogens is 413 g/mol. The Hall–Kier alpha value is -2.85. The van der Waals surface area contributed by atoms with Gasteiger partial charge >= 0.3 is 10.2 Å². The number of nitrogens with one attached hydrogen (secondary N) is 1. The SMILES string of the molecule is COc1ccc(C(C)NC(=O)CN(c2ccccc2F)S(=O)(=O)N(C)C)cc1OC. The maximum atomic E-state index is 14.3. The molecule has 0 aliphatic heterocycles. The average Bonchev–Trinajstić information content (AvgIpc) is 2.71. The molecule has 30 heavy (non-hydrogen) atoms. The van der Waals surface area contributed by atoms with Gasteiger partial charge in [0.15, 0.2) is 11.5 Å². The second-order valence-electron chi connectivity index (χ2n) is 6.65. The Labute approximate surface area is 176 Å². The molecule has 0 aliphatic rings. The first-order valence-corrected chi connectivity index (χ1v) is 10.5. The van der Waals surface area contributed by atoms with Crippen LogP contribution in [0, 0.1) is 5.82 Å². The number of methoxy groups -OCH3 is 2. The number of rotatable bonds is 9. The van der Waals surface area contributed by atoms with Crippen LogP contribution >= 0.6 is 0 Å². The van der Waals surface area contributed by atoms with Gasteiger partial charge in [0.25, 0.3) is 0 Å². The smallest absolute Gasteiger partial charge is 0.304 e. The van der Waals surface area contributed by atoms with E-state index in [9.17, 15) is 17.6 Å². The zero-order valence-electron chi connectivity index (χ0n) is 17.5. The number of nitrogens with zero attached hydrogens (tertiary/aromatic N) is 2. The Kier molecular flexibility index (Phi) is 7.63. The van der Waals surface area contributed by atoms with Crippen molar-refractivity contribution in [3.8, 4) is 11.5 Å². The van der Waals surface area contributed by atoms with Gasteiger partial charge in [0, 0.05) is 14.1 Å². The summed E-state index contributed by atoms with van der Waals surface area (Å²) in [7, 11) is 1.55. The maximum absolute atomic E-state index is 14.3. The molecule has 0 aromatic heterocycles. The van der Waals surface area contributed by atoms with E-state index < -0.39 is 34.5 Å². The lowest BCUT2D eigenvalue weighted by molar-refractivity contribution is -0.120. The van der Waals surface area contributed by atoms with Gasteiger partial charge in [-0.05, 0) is 36.8 Å². The van der Waals surface area contributed by atoms with Gasteiger partial charge in [0.05, 0.1) is 25.9 Å². The van der Waals surface area contributed by atoms with Gasteiger partial charge in [0.1, 0.15) is 12.4 Å². The molecule has 0 radical (unpaired) electrons. The summed E-state index contributed by atoms with van der Waals surface area (Å²) in [4.78, 5) is 12.7. The van der Waals surface area contributed by atoms with E-state index in [2.05, 4.69) is 5.32 Å². The first-order valence-electron chi connectivity index (χ1n) is 9.07. The molecule has 0 saturated heterocycles. The molecule has 2 aromatic carbocycles. The van der Waals surface area contributed by atoms with Gasteiger partial charge in [-0.2, -0.15) is 12.7 Å². The molecule has 10 heteroatoms. The Balaban J connectivity index is 2.25. The predicted octanol–water partition coefficient (Wildman–Crippen LogP) is 2.33. The van der Waals surface area contributed by atoms with E-state index in [-0.39, 0.29) is 5.69 Å². The summed E-state index contributed by atoms with van der Waals surface area (Å²) >= 11 is 0. The van der Waals surface area contributed by atoms with Crippen molar-refractivity contribution in [3.05, 3.63) is 53.8 Å². The lowest BCUT2D eigenvalue weighted by Gasteiger charge is -2.27. The molecule has 0 aliphatic carbocycles. The summed E-state index contributed by atoms with van der Waals surface area (Å²) in [6.07, 6.45) is 0. The van der Waals surface area contributed by atoms with E-state index in [0.29, 0.717) is 11.5 Å². The van der Waals surface area contributed by atoms with E-state index in [1.807, 2.05) is 0 Å². The van der Waals surface area contributed by atoms with Gasteiger partial charge in [-0.15, -0.1) is 0 Å². The fraction of sp³-hybridized carbons (Fsp3) is 0.350. The van der Waals surface area contributed by atoms with Crippen molar-refractivity contribution in [2.24, 2.45) is 0 Å². The topological polar surface area (TPSA) is 88.2 Å². The van der Waals surface area contributed by atoms with Crippen LogP contribution in [0.1, 0.15) is 18.5 Å². The van der Waals surface area contributed by atoms with Crippen LogP contribution in [-0.4, -0.2) is 53.5 Å². The van der Waals surface area contributed by atoms with Crippen molar-refractivity contribution in [2.75, 3.05) is 39.2 Å². The molecule has 0 fully saturated rings. The number of hydrogen-bond donors (Lipinski definition) is 1. The van der Waals surface area contributed by atoms with E-state index in [4.69, 9.17) is 9.47 Å². The maximum Gasteiger partial charge on any atom is 0.304 e. The largest absolute Gasteiger partial charge is 0.493 e. The number of carbonyl (C=O) groups excluding carboxylic acids is 1. The van der Waals surface area contributed by atoms with E-state index >= 15 is 0 Å². The normalized spacial score (nSPS) is 12.4. The molecule has 8 nitrogen and oxygen atoms in total. The zero-order chi connectivity index (χ0) is 22.5. The van der Waals surface area contributed by atoms with Crippen molar-refractivity contribution < 1.29 is 27.1 Å². The minimum absolute atomic E-state index is 0.208. The fourth-order valence-electron chi connectivity index (χ4n) is 2.77. The summed E-state index contributed by atoms with van der Waals surface area (Å²) in [6.45, 7) is 1.16. The van der Waals surface area contributed by atoms with Gasteiger partial charge in [-0.25, -0.2) is 8.70 Å². The molecule has 0 heterocycles. The van der Waals surface area contributed by atoms with E-state index in [0.717, 1.165) is 20.2 Å². The highest BCUT2D eigenvalue weighted by Gasteiger charge is 2.29. The lowest BCUT2D eigenvalue weighted by atomic mass is 10.1. The molecule has 1 N–H and O–H groups in total. The Bertz CT molecular complexity index is 998. The third kappa shape index (κ3) is 5.19. The Morgan fingerprint density at radius 1 is 1.10 bits per heavy atom. The minimum atomic E-state index is -4.10. The van der Waals surface area contributed by atoms with Crippen LogP contribution < -0.4 is 19.1 Å². The lowest BCUT2D eigenvalue weighted by Crippen LogP contribution is -2.46. The molecule has 2 rings (SSSR count). The highest BCUT2D eigenvalue weighted by atomic mass is 32.2. The minimum Gasteiger partial charge on any atom is -0.493 e. The van der Waals surface area contributed by atoms with Gasteiger partial charge in [-0.1, -0.05) is 18.2 Å². The molecule has 1 unspecified atom stereocenters. The third-order valence-electron chi connectivity index (χ3n) is 4.43. The summed E-state index contributed by atoms with van der Waals surface area (Å²) in [5.41, 5.74) is 0.522. The van der Waals surface area contributed by atoms with Crippen molar-refractivity contribution in [2.45, 2.75) is 13.0 Å². The number of amides is 1. The van der Waals surface area contributed by atoms with Crippen molar-refractivity contribution in [1.29, 1.82) is 0 Å². The van der Waals surface area contributed by atoms with Gasteiger partial charge in [0.2, 0.25) is 5.91 Å². The second-order valence-corrected chi connectivity index (χ2v) is 8.72. The van der Waals surface area contributed by atoms with Crippen molar-refractivity contribution >= 4 is 21.8 Å². The first kappa shape index (κ1) is 23.4. The number of anilines is 1. The fourth-order valence-corrected chi connectivity index (χ4v) is 3.84. The first-order chi connectivity index (χ1) is 14.1. The summed E-state index contributed by atoms with van der Waals surface area (Å²) in [5, 5.41) is 2.73. The number of benzene rings is 2. The Morgan fingerprint density at radius 2 is 1.73 bits per heavy atom. The number of halogens is 1. The monoisotopic (exact) mass is 439 g/mol. The quantitative estimate of drug-likeness (QED) is 0.648. The van der Waals surface area contributed by atoms with E-state index in [1.54, 1.807) is 25.1 Å². The zero-order valence-corrected chi connectivity index (χ0v) is 18.4. The number of para-hydroxylation sites is 1. The van der Waals surface area contributed by atoms with Crippen molar-refractivity contribution in [1.82, 2.24) is 9.62 Å². The Morgan fingerprint density at radius 3 is 2.30 bits per heavy atom. The number of carbonyl (C=O) groups is 1. The molecular formula is C20H26FN3O5S. The highest BCUT2D eigenvalue weighted by molar-refractivity contribution is 7.90. The third-order valence-corrected chi connectivity index (χ3v) is 6.24. The molecule has 0 saturated carbocycles. The van der Waals surface area contributed by atoms with Crippen LogP contribution in [0.5, 0.6) is 11.5 Å². The molecule has 1 atom stereocenters. The van der Waals surface area contributed by atoms with Crippen LogP contribution in [0.25, 0.3) is 0 Å². The summed E-state index contributed by atoms with van der Waals surface area (Å²) < 4.78 is 51.8. The molecule has 0 bridgehead atoms. The molecule has 1 amide bonds. The molecule has 0 spiro atoms. The second kappa shape index (κ2) is 9.77. The van der Waals surface area contributed by atoms with Gasteiger partial charge in [-0.3, -0.25) is 4.79 Å². The predicted molar refractivity (Wildman–Crippen MR) is 112 cm³/mol. The van der Waals surface area contributed by atoms with Crippen LogP contribution in [0.3, 0.4) is 0 Å². The standard InChI is InChI=1S/C20H26FN3O5S/c1-14(15-10-11-18(28-4)19(12-15)29-5)22-20(25)13-24(30(26,27)23(2)3)17-9-7-6-8-16(17)21/h6-12,14H,13H2,1-5H3,(H,22,25). The van der Waals surface area contributed by atoms with Crippen molar-refractivity contribution in [3.63, 3.8) is 0 Å².